The fourth-order valence-corrected chi connectivity index (χ4v) is 7.63. The molecule has 4 heterocycles. The lowest BCUT2D eigenvalue weighted by Crippen LogP contribution is -2.00. The molecule has 0 aliphatic rings. The molecule has 7 aromatic carbocycles. The predicted molar refractivity (Wildman–Crippen MR) is 200 cm³/mol. The second-order valence-electron chi connectivity index (χ2n) is 12.6. The Morgan fingerprint density at radius 3 is 1.22 bits per heavy atom. The van der Waals surface area contributed by atoms with Crippen LogP contribution in [0.3, 0.4) is 0 Å². The first-order valence-electron chi connectivity index (χ1n) is 16.6. The first kappa shape index (κ1) is 26.9. The minimum atomic E-state index is 0.875. The summed E-state index contributed by atoms with van der Waals surface area (Å²) in [5.74, 6) is 0. The molecule has 0 saturated heterocycles. The zero-order valence-corrected chi connectivity index (χ0v) is 26.6. The largest absolute Gasteiger partial charge is 0.309 e. The zero-order chi connectivity index (χ0) is 32.8. The van der Waals surface area contributed by atoms with Crippen molar-refractivity contribution in [1.82, 2.24) is 39.1 Å². The van der Waals surface area contributed by atoms with Crippen molar-refractivity contribution in [3.8, 4) is 22.7 Å². The maximum atomic E-state index is 4.49. The topological polar surface area (TPSA) is 71.3 Å². The van der Waals surface area contributed by atoms with Crippen molar-refractivity contribution < 1.29 is 0 Å². The van der Waals surface area contributed by atoms with Crippen LogP contribution < -0.4 is 0 Å². The third kappa shape index (κ3) is 3.81. The minimum absolute atomic E-state index is 0.875. The van der Waals surface area contributed by atoms with Gasteiger partial charge in [0.05, 0.1) is 44.5 Å². The maximum absolute atomic E-state index is 4.49. The highest BCUT2D eigenvalue weighted by molar-refractivity contribution is 6.11. The minimum Gasteiger partial charge on any atom is -0.309 e. The fraction of sp³-hybridized carbons (Fsp3) is 0. The van der Waals surface area contributed by atoms with Crippen molar-refractivity contribution in [3.63, 3.8) is 0 Å². The molecule has 0 saturated carbocycles. The van der Waals surface area contributed by atoms with Crippen molar-refractivity contribution in [3.05, 3.63) is 158 Å². The van der Waals surface area contributed by atoms with Gasteiger partial charge in [-0.1, -0.05) is 77.2 Å². The summed E-state index contributed by atoms with van der Waals surface area (Å²) in [6, 6.07) is 55.3. The van der Waals surface area contributed by atoms with Crippen LogP contribution in [0.4, 0.5) is 0 Å². The first-order chi connectivity index (χ1) is 24.8. The summed E-state index contributed by atoms with van der Waals surface area (Å²) in [5.41, 5.74) is 12.4. The van der Waals surface area contributed by atoms with Crippen molar-refractivity contribution in [1.29, 1.82) is 0 Å². The van der Waals surface area contributed by atoms with Crippen LogP contribution in [-0.4, -0.2) is 39.1 Å². The third-order valence-electron chi connectivity index (χ3n) is 9.85. The highest BCUT2D eigenvalue weighted by Crippen LogP contribution is 2.37. The Balaban J connectivity index is 1.10. The number of para-hydroxylation sites is 4. The molecular weight excluding hydrogens is 617 g/mol. The van der Waals surface area contributed by atoms with Crippen LogP contribution >= 0.6 is 0 Å². The van der Waals surface area contributed by atoms with Crippen molar-refractivity contribution in [2.75, 3.05) is 0 Å². The third-order valence-corrected chi connectivity index (χ3v) is 9.85. The van der Waals surface area contributed by atoms with Gasteiger partial charge in [-0.25, -0.2) is 9.36 Å². The molecule has 0 unspecified atom stereocenters. The molecule has 4 aromatic heterocycles. The van der Waals surface area contributed by atoms with Gasteiger partial charge in [0.25, 0.3) is 0 Å². The second kappa shape index (κ2) is 10.2. The van der Waals surface area contributed by atoms with E-state index in [0.717, 1.165) is 77.7 Å². The fourth-order valence-electron chi connectivity index (χ4n) is 7.63. The number of aromatic nitrogens is 8. The summed E-state index contributed by atoms with van der Waals surface area (Å²) in [5, 5.41) is 22.5. The molecule has 0 aliphatic heterocycles. The van der Waals surface area contributed by atoms with E-state index in [-0.39, 0.29) is 0 Å². The SMILES string of the molecule is c1cc(-n2c3ccccc3c3cc(-n4nnc5ccccc54)ccc32)cc(-n2c3ccccc3c3cc(-n4nnc5ccccc54)ccc32)c1. The average molecular weight is 643 g/mol. The quantitative estimate of drug-likeness (QED) is 0.192. The molecule has 0 bridgehead atoms. The molecule has 0 atom stereocenters. The first-order valence-corrected chi connectivity index (χ1v) is 16.6. The van der Waals surface area contributed by atoms with Crippen LogP contribution in [0.2, 0.25) is 0 Å². The van der Waals surface area contributed by atoms with Gasteiger partial charge in [0.2, 0.25) is 0 Å². The number of nitrogens with zero attached hydrogens (tertiary/aromatic N) is 8. The monoisotopic (exact) mass is 642 g/mol. The van der Waals surface area contributed by atoms with Gasteiger partial charge >= 0.3 is 0 Å². The van der Waals surface area contributed by atoms with E-state index in [1.807, 2.05) is 45.8 Å². The molecule has 8 nitrogen and oxygen atoms in total. The number of rotatable bonds is 4. The molecule has 50 heavy (non-hydrogen) atoms. The van der Waals surface area contributed by atoms with Crippen molar-refractivity contribution in [2.45, 2.75) is 0 Å². The highest BCUT2D eigenvalue weighted by atomic mass is 15.4. The highest BCUT2D eigenvalue weighted by Gasteiger charge is 2.18. The number of hydrogen-bond donors (Lipinski definition) is 0. The van der Waals surface area contributed by atoms with Gasteiger partial charge < -0.3 is 9.13 Å². The summed E-state index contributed by atoms with van der Waals surface area (Å²) >= 11 is 0. The summed E-state index contributed by atoms with van der Waals surface area (Å²) in [4.78, 5) is 0. The lowest BCUT2D eigenvalue weighted by atomic mass is 10.1. The van der Waals surface area contributed by atoms with E-state index in [1.165, 1.54) is 10.8 Å². The summed E-state index contributed by atoms with van der Waals surface area (Å²) in [6.07, 6.45) is 0. The van der Waals surface area contributed by atoms with E-state index in [2.05, 4.69) is 151 Å². The van der Waals surface area contributed by atoms with Crippen LogP contribution in [-0.2, 0) is 0 Å². The Labute approximate surface area is 284 Å². The Hall–Kier alpha value is -7.06. The summed E-state index contributed by atoms with van der Waals surface area (Å²) in [6.45, 7) is 0. The number of benzene rings is 7. The van der Waals surface area contributed by atoms with Gasteiger partial charge in [0.15, 0.2) is 0 Å². The Kier molecular flexibility index (Phi) is 5.51. The van der Waals surface area contributed by atoms with Gasteiger partial charge in [0, 0.05) is 32.9 Å². The molecule has 8 heteroatoms. The van der Waals surface area contributed by atoms with Gasteiger partial charge in [-0.15, -0.1) is 10.2 Å². The van der Waals surface area contributed by atoms with Gasteiger partial charge in [0.1, 0.15) is 11.0 Å². The summed E-state index contributed by atoms with van der Waals surface area (Å²) in [7, 11) is 0. The molecule has 234 valence electrons. The standard InChI is InChI=1S/C42H26N8/c1-5-16-37-31(12-1)33-25-29(49-41-18-7-3-14-35(41)43-45-49)20-22-39(33)47(37)27-10-9-11-28(24-27)48-38-17-6-2-13-32(38)34-26-30(21-23-40(34)48)50-42-19-8-4-15-36(42)44-46-50/h1-26H. The molecule has 0 amide bonds. The summed E-state index contributed by atoms with van der Waals surface area (Å²) < 4.78 is 8.56. The smallest absolute Gasteiger partial charge is 0.113 e. The van der Waals surface area contributed by atoms with Crippen LogP contribution in [0.15, 0.2) is 158 Å². The molecule has 0 radical (unpaired) electrons. The second-order valence-corrected chi connectivity index (χ2v) is 12.6. The van der Waals surface area contributed by atoms with Crippen LogP contribution in [0, 0.1) is 0 Å². The van der Waals surface area contributed by atoms with Crippen LogP contribution in [0.5, 0.6) is 0 Å². The van der Waals surface area contributed by atoms with Crippen molar-refractivity contribution >= 4 is 65.7 Å². The molecule has 0 fully saturated rings. The molecule has 0 aliphatic carbocycles. The molecule has 0 N–H and O–H groups in total. The molecule has 11 aromatic rings. The Morgan fingerprint density at radius 2 is 0.720 bits per heavy atom. The van der Waals surface area contributed by atoms with E-state index in [4.69, 9.17) is 0 Å². The van der Waals surface area contributed by atoms with Crippen LogP contribution in [0.25, 0.3) is 88.4 Å². The van der Waals surface area contributed by atoms with E-state index in [1.54, 1.807) is 0 Å². The van der Waals surface area contributed by atoms with E-state index < -0.39 is 0 Å². The van der Waals surface area contributed by atoms with Gasteiger partial charge in [-0.05, 0) is 91.0 Å². The maximum Gasteiger partial charge on any atom is 0.113 e. The average Bonchev–Trinajstić information content (AvgIpc) is 3.95. The van der Waals surface area contributed by atoms with Gasteiger partial charge in [-0.2, -0.15) is 0 Å². The normalized spacial score (nSPS) is 12.0. The van der Waals surface area contributed by atoms with Crippen LogP contribution in [0.1, 0.15) is 0 Å². The lowest BCUT2D eigenvalue weighted by molar-refractivity contribution is 0.825. The zero-order valence-electron chi connectivity index (χ0n) is 26.6. The van der Waals surface area contributed by atoms with Crippen molar-refractivity contribution in [2.24, 2.45) is 0 Å². The van der Waals surface area contributed by atoms with E-state index in [0.29, 0.717) is 0 Å². The predicted octanol–water partition coefficient (Wildman–Crippen LogP) is 9.35. The van der Waals surface area contributed by atoms with E-state index >= 15 is 0 Å². The number of fused-ring (bicyclic) bond motifs is 8. The van der Waals surface area contributed by atoms with E-state index in [9.17, 15) is 0 Å². The molecular formula is C42H26N8. The lowest BCUT2D eigenvalue weighted by Gasteiger charge is -2.13. The molecule has 11 rings (SSSR count). The molecule has 0 spiro atoms. The Morgan fingerprint density at radius 1 is 0.300 bits per heavy atom. The van der Waals surface area contributed by atoms with Gasteiger partial charge in [-0.3, -0.25) is 0 Å². The number of hydrogen-bond acceptors (Lipinski definition) is 4. The Bertz CT molecular complexity index is 2910.